The number of carbonyl (C=O) groups is 1. The van der Waals surface area contributed by atoms with Crippen molar-refractivity contribution < 1.29 is 17.9 Å². The van der Waals surface area contributed by atoms with Crippen molar-refractivity contribution in [1.29, 1.82) is 0 Å². The first-order valence-corrected chi connectivity index (χ1v) is 6.46. The maximum Gasteiger partial charge on any atom is 0.258 e. The zero-order valence-corrected chi connectivity index (χ0v) is 9.82. The second-order valence-electron chi connectivity index (χ2n) is 3.41. The smallest absolute Gasteiger partial charge is 0.258 e. The Morgan fingerprint density at radius 2 is 1.81 bits per heavy atom. The molecule has 0 aromatic heterocycles. The molecule has 6 heteroatoms. The Hall–Kier alpha value is -1.56. The molecular weight excluding hydrogens is 230 g/mol. The number of benzene rings is 1. The third-order valence-corrected chi connectivity index (χ3v) is 3.09. The van der Waals surface area contributed by atoms with Crippen LogP contribution in [0.2, 0.25) is 0 Å². The van der Waals surface area contributed by atoms with E-state index in [1.807, 2.05) is 0 Å². The normalized spacial score (nSPS) is 13.1. The Kier molecular flexibility index (Phi) is 3.54. The first-order valence-electron chi connectivity index (χ1n) is 4.57. The van der Waals surface area contributed by atoms with E-state index in [4.69, 9.17) is 10.5 Å². The number of amides is 1. The minimum atomic E-state index is -3.21. The van der Waals surface area contributed by atoms with Gasteiger partial charge in [-0.15, -0.1) is 0 Å². The summed E-state index contributed by atoms with van der Waals surface area (Å²) in [7, 11) is -3.21. The van der Waals surface area contributed by atoms with Crippen molar-refractivity contribution in [3.8, 4) is 5.75 Å². The van der Waals surface area contributed by atoms with Crippen LogP contribution in [0.4, 0.5) is 0 Å². The monoisotopic (exact) mass is 243 g/mol. The van der Waals surface area contributed by atoms with Crippen molar-refractivity contribution in [1.82, 2.24) is 0 Å². The Balaban J connectivity index is 2.84. The molecule has 1 atom stereocenters. The molecule has 88 valence electrons. The molecule has 2 N–H and O–H groups in total. The largest absolute Gasteiger partial charge is 0.481 e. The molecule has 0 radical (unpaired) electrons. The summed E-state index contributed by atoms with van der Waals surface area (Å²) in [5, 5.41) is 0. The van der Waals surface area contributed by atoms with Crippen LogP contribution in [-0.2, 0) is 14.6 Å². The lowest BCUT2D eigenvalue weighted by Gasteiger charge is -2.11. The number of sulfone groups is 1. The molecule has 0 aliphatic rings. The van der Waals surface area contributed by atoms with Gasteiger partial charge < -0.3 is 10.5 Å². The number of primary amides is 1. The fourth-order valence-corrected chi connectivity index (χ4v) is 1.66. The summed E-state index contributed by atoms with van der Waals surface area (Å²) >= 11 is 0. The molecule has 5 nitrogen and oxygen atoms in total. The molecule has 16 heavy (non-hydrogen) atoms. The highest BCUT2D eigenvalue weighted by molar-refractivity contribution is 7.90. The second kappa shape index (κ2) is 4.52. The lowest BCUT2D eigenvalue weighted by atomic mass is 10.3. The maximum absolute atomic E-state index is 11.2. The molecule has 0 aliphatic carbocycles. The summed E-state index contributed by atoms with van der Waals surface area (Å²) in [5.41, 5.74) is 5.02. The number of hydrogen-bond donors (Lipinski definition) is 1. The summed E-state index contributed by atoms with van der Waals surface area (Å²) < 4.78 is 27.5. The number of ether oxygens (including phenoxy) is 1. The minimum Gasteiger partial charge on any atom is -0.481 e. The summed E-state index contributed by atoms with van der Waals surface area (Å²) in [6.07, 6.45) is 0.374. The van der Waals surface area contributed by atoms with Crippen molar-refractivity contribution in [2.45, 2.75) is 17.9 Å². The van der Waals surface area contributed by atoms with E-state index < -0.39 is 21.8 Å². The van der Waals surface area contributed by atoms with Gasteiger partial charge in [0.05, 0.1) is 4.90 Å². The quantitative estimate of drug-likeness (QED) is 0.826. The fraction of sp³-hybridized carbons (Fsp3) is 0.300. The van der Waals surface area contributed by atoms with Gasteiger partial charge in [0.25, 0.3) is 5.91 Å². The lowest BCUT2D eigenvalue weighted by Crippen LogP contribution is -2.30. The predicted octanol–water partition coefficient (Wildman–Crippen LogP) is 0.343. The van der Waals surface area contributed by atoms with Gasteiger partial charge >= 0.3 is 0 Å². The van der Waals surface area contributed by atoms with Gasteiger partial charge in [-0.2, -0.15) is 0 Å². The van der Waals surface area contributed by atoms with Crippen LogP contribution in [0.5, 0.6) is 5.75 Å². The van der Waals surface area contributed by atoms with Crippen LogP contribution < -0.4 is 10.5 Å². The van der Waals surface area contributed by atoms with Crippen LogP contribution in [0, 0.1) is 0 Å². The first kappa shape index (κ1) is 12.5. The third-order valence-electron chi connectivity index (χ3n) is 1.97. The molecule has 0 bridgehead atoms. The van der Waals surface area contributed by atoms with Gasteiger partial charge in [0.15, 0.2) is 15.9 Å². The minimum absolute atomic E-state index is 0.201. The van der Waals surface area contributed by atoms with Crippen molar-refractivity contribution >= 4 is 15.7 Å². The number of hydrogen-bond acceptors (Lipinski definition) is 4. The van der Waals surface area contributed by atoms with Crippen molar-refractivity contribution in [3.63, 3.8) is 0 Å². The molecule has 0 spiro atoms. The molecular formula is C10H13NO4S. The van der Waals surface area contributed by atoms with Gasteiger partial charge in [0.1, 0.15) is 5.75 Å². The standard InChI is InChI=1S/C10H13NO4S/c1-7(10(11)12)15-8-3-5-9(6-4-8)16(2,13)14/h3-7H,1-2H3,(H2,11,12). The summed E-state index contributed by atoms with van der Waals surface area (Å²) in [5.74, 6) is -0.175. The molecule has 0 heterocycles. The molecule has 0 saturated carbocycles. The third kappa shape index (κ3) is 3.23. The highest BCUT2D eigenvalue weighted by atomic mass is 32.2. The highest BCUT2D eigenvalue weighted by Crippen LogP contribution is 2.16. The van der Waals surface area contributed by atoms with Crippen LogP contribution >= 0.6 is 0 Å². The average molecular weight is 243 g/mol. The van der Waals surface area contributed by atoms with Gasteiger partial charge in [-0.05, 0) is 31.2 Å². The Morgan fingerprint density at radius 3 is 2.19 bits per heavy atom. The summed E-state index contributed by atoms with van der Waals surface area (Å²) in [6.45, 7) is 1.52. The van der Waals surface area contributed by atoms with Crippen LogP contribution in [0.1, 0.15) is 6.92 Å². The zero-order valence-electron chi connectivity index (χ0n) is 9.01. The van der Waals surface area contributed by atoms with E-state index in [2.05, 4.69) is 0 Å². The second-order valence-corrected chi connectivity index (χ2v) is 5.42. The average Bonchev–Trinajstić information content (AvgIpc) is 2.17. The van der Waals surface area contributed by atoms with Crippen molar-refractivity contribution in [2.75, 3.05) is 6.26 Å². The summed E-state index contributed by atoms with van der Waals surface area (Å²) in [4.78, 5) is 10.9. The van der Waals surface area contributed by atoms with Crippen LogP contribution in [0.3, 0.4) is 0 Å². The predicted molar refractivity (Wildman–Crippen MR) is 58.8 cm³/mol. The van der Waals surface area contributed by atoms with E-state index in [0.29, 0.717) is 5.75 Å². The number of rotatable bonds is 4. The van der Waals surface area contributed by atoms with Crippen LogP contribution in [0.15, 0.2) is 29.2 Å². The molecule has 1 rings (SSSR count). The molecule has 1 unspecified atom stereocenters. The van der Waals surface area contributed by atoms with E-state index in [1.54, 1.807) is 0 Å². The van der Waals surface area contributed by atoms with E-state index in [1.165, 1.54) is 31.2 Å². The Morgan fingerprint density at radius 1 is 1.31 bits per heavy atom. The van der Waals surface area contributed by atoms with Gasteiger partial charge in [-0.3, -0.25) is 4.79 Å². The SMILES string of the molecule is CC(Oc1ccc(S(C)(=O)=O)cc1)C(N)=O. The molecule has 0 saturated heterocycles. The van der Waals surface area contributed by atoms with Crippen LogP contribution in [0.25, 0.3) is 0 Å². The number of carbonyl (C=O) groups excluding carboxylic acids is 1. The van der Waals surface area contributed by atoms with Gasteiger partial charge in [-0.25, -0.2) is 8.42 Å². The van der Waals surface area contributed by atoms with E-state index in [9.17, 15) is 13.2 Å². The number of nitrogens with two attached hydrogens (primary N) is 1. The van der Waals surface area contributed by atoms with E-state index in [0.717, 1.165) is 6.26 Å². The Bertz CT molecular complexity index is 478. The molecule has 1 amide bonds. The topological polar surface area (TPSA) is 86.5 Å². The molecule has 1 aromatic carbocycles. The highest BCUT2D eigenvalue weighted by Gasteiger charge is 2.11. The van der Waals surface area contributed by atoms with Gasteiger partial charge in [0, 0.05) is 6.26 Å². The first-order chi connectivity index (χ1) is 7.30. The van der Waals surface area contributed by atoms with E-state index in [-0.39, 0.29) is 4.90 Å². The Labute approximate surface area is 94.1 Å². The lowest BCUT2D eigenvalue weighted by molar-refractivity contribution is -0.123. The van der Waals surface area contributed by atoms with E-state index >= 15 is 0 Å². The summed E-state index contributed by atoms with van der Waals surface area (Å²) in [6, 6.07) is 5.79. The fourth-order valence-electron chi connectivity index (χ4n) is 1.03. The zero-order chi connectivity index (χ0) is 12.3. The maximum atomic E-state index is 11.2. The van der Waals surface area contributed by atoms with Crippen molar-refractivity contribution in [3.05, 3.63) is 24.3 Å². The molecule has 0 fully saturated rings. The van der Waals surface area contributed by atoms with Gasteiger partial charge in [-0.1, -0.05) is 0 Å². The molecule has 0 aliphatic heterocycles. The molecule has 1 aromatic rings. The van der Waals surface area contributed by atoms with Gasteiger partial charge in [0.2, 0.25) is 0 Å². The van der Waals surface area contributed by atoms with Crippen LogP contribution in [-0.4, -0.2) is 26.7 Å². The van der Waals surface area contributed by atoms with Crippen molar-refractivity contribution in [2.24, 2.45) is 5.73 Å².